The van der Waals surface area contributed by atoms with Gasteiger partial charge in [-0.1, -0.05) is 11.2 Å². The molecule has 3 heteroatoms. The molecule has 0 aliphatic carbocycles. The lowest BCUT2D eigenvalue weighted by Crippen LogP contribution is -2.20. The van der Waals surface area contributed by atoms with Gasteiger partial charge >= 0.3 is 0 Å². The second-order valence-corrected chi connectivity index (χ2v) is 4.65. The first-order chi connectivity index (χ1) is 7.75. The van der Waals surface area contributed by atoms with Crippen LogP contribution in [0.15, 0.2) is 16.7 Å². The van der Waals surface area contributed by atoms with E-state index in [1.165, 1.54) is 16.5 Å². The van der Waals surface area contributed by atoms with Gasteiger partial charge in [-0.3, -0.25) is 0 Å². The van der Waals surface area contributed by atoms with Gasteiger partial charge in [-0.15, -0.1) is 0 Å². The Morgan fingerprint density at radius 2 is 2.06 bits per heavy atom. The molecular weight excluding hydrogens is 200 g/mol. The summed E-state index contributed by atoms with van der Waals surface area (Å²) in [5, 5.41) is 5.23. The van der Waals surface area contributed by atoms with Gasteiger partial charge < -0.3 is 9.42 Å². The summed E-state index contributed by atoms with van der Waals surface area (Å²) in [5.74, 6) is 0. The SMILES string of the molecule is Cc1noc2c3c(ccc12)CCN(C)CC3. The number of nitrogens with zero attached hydrogens (tertiary/aromatic N) is 2. The summed E-state index contributed by atoms with van der Waals surface area (Å²) >= 11 is 0. The van der Waals surface area contributed by atoms with Crippen molar-refractivity contribution < 1.29 is 4.52 Å². The quantitative estimate of drug-likeness (QED) is 0.676. The largest absolute Gasteiger partial charge is 0.356 e. The van der Waals surface area contributed by atoms with Crippen LogP contribution in [-0.2, 0) is 12.8 Å². The Balaban J connectivity index is 2.19. The molecular formula is C13H16N2O. The van der Waals surface area contributed by atoms with Gasteiger partial charge in [0.15, 0.2) is 5.58 Å². The third kappa shape index (κ3) is 1.43. The molecule has 0 fully saturated rings. The van der Waals surface area contributed by atoms with Crippen LogP contribution in [0.25, 0.3) is 11.0 Å². The molecule has 1 aromatic carbocycles. The molecule has 2 heterocycles. The van der Waals surface area contributed by atoms with Crippen molar-refractivity contribution in [1.82, 2.24) is 10.1 Å². The molecule has 0 amide bonds. The molecule has 1 aromatic heterocycles. The number of fused-ring (bicyclic) bond motifs is 3. The summed E-state index contributed by atoms with van der Waals surface area (Å²) in [6, 6.07) is 4.38. The van der Waals surface area contributed by atoms with E-state index in [2.05, 4.69) is 29.2 Å². The van der Waals surface area contributed by atoms with E-state index in [4.69, 9.17) is 4.52 Å². The molecule has 0 bridgehead atoms. The number of hydrogen-bond donors (Lipinski definition) is 0. The first kappa shape index (κ1) is 9.85. The van der Waals surface area contributed by atoms with E-state index in [1.54, 1.807) is 0 Å². The van der Waals surface area contributed by atoms with Crippen LogP contribution in [0.5, 0.6) is 0 Å². The van der Waals surface area contributed by atoms with Crippen LogP contribution in [0.1, 0.15) is 16.8 Å². The minimum atomic E-state index is 0.996. The van der Waals surface area contributed by atoms with Crippen LogP contribution in [0, 0.1) is 6.92 Å². The monoisotopic (exact) mass is 216 g/mol. The highest BCUT2D eigenvalue weighted by Crippen LogP contribution is 2.27. The Labute approximate surface area is 95.0 Å². The summed E-state index contributed by atoms with van der Waals surface area (Å²) in [6.45, 7) is 4.23. The fraction of sp³-hybridized carbons (Fsp3) is 0.462. The molecule has 0 saturated heterocycles. The lowest BCUT2D eigenvalue weighted by Gasteiger charge is -2.10. The Morgan fingerprint density at radius 1 is 1.25 bits per heavy atom. The summed E-state index contributed by atoms with van der Waals surface area (Å²) in [6.07, 6.45) is 2.18. The van der Waals surface area contributed by atoms with Gasteiger partial charge in [-0.2, -0.15) is 0 Å². The fourth-order valence-electron chi connectivity index (χ4n) is 2.46. The van der Waals surface area contributed by atoms with Gasteiger partial charge in [0.1, 0.15) is 0 Å². The van der Waals surface area contributed by atoms with Gasteiger partial charge in [0.25, 0.3) is 0 Å². The molecule has 0 unspecified atom stereocenters. The highest BCUT2D eigenvalue weighted by Gasteiger charge is 2.17. The molecule has 0 atom stereocenters. The number of rotatable bonds is 0. The number of likely N-dealkylation sites (N-methyl/N-ethyl adjacent to an activating group) is 1. The Kier molecular flexibility index (Phi) is 2.21. The first-order valence-corrected chi connectivity index (χ1v) is 5.81. The Bertz CT molecular complexity index is 530. The second-order valence-electron chi connectivity index (χ2n) is 4.65. The van der Waals surface area contributed by atoms with Crippen LogP contribution < -0.4 is 0 Å². The zero-order valence-corrected chi connectivity index (χ0v) is 9.79. The van der Waals surface area contributed by atoms with E-state index < -0.39 is 0 Å². The average molecular weight is 216 g/mol. The predicted octanol–water partition coefficient (Wildman–Crippen LogP) is 2.17. The van der Waals surface area contributed by atoms with Crippen LogP contribution >= 0.6 is 0 Å². The lowest BCUT2D eigenvalue weighted by atomic mass is 10.00. The van der Waals surface area contributed by atoms with E-state index in [-0.39, 0.29) is 0 Å². The maximum absolute atomic E-state index is 5.47. The van der Waals surface area contributed by atoms with Crippen molar-refractivity contribution in [2.75, 3.05) is 20.1 Å². The standard InChI is InChI=1S/C13H16N2O/c1-9-11-4-3-10-5-7-15(2)8-6-12(10)13(11)16-14-9/h3-4H,5-8H2,1-2H3. The maximum atomic E-state index is 5.47. The molecule has 16 heavy (non-hydrogen) atoms. The summed E-state index contributed by atoms with van der Waals surface area (Å²) < 4.78 is 5.47. The van der Waals surface area contributed by atoms with Crippen LogP contribution in [0.3, 0.4) is 0 Å². The van der Waals surface area contributed by atoms with Gasteiger partial charge in [-0.05, 0) is 38.4 Å². The number of benzene rings is 1. The molecule has 84 valence electrons. The normalized spacial score (nSPS) is 17.4. The van der Waals surface area contributed by atoms with E-state index in [9.17, 15) is 0 Å². The highest BCUT2D eigenvalue weighted by molar-refractivity contribution is 5.83. The number of aromatic nitrogens is 1. The smallest absolute Gasteiger partial charge is 0.170 e. The Hall–Kier alpha value is -1.35. The van der Waals surface area contributed by atoms with Gasteiger partial charge in [0.05, 0.1) is 5.69 Å². The molecule has 3 nitrogen and oxygen atoms in total. The van der Waals surface area contributed by atoms with E-state index in [0.29, 0.717) is 0 Å². The molecule has 0 spiro atoms. The van der Waals surface area contributed by atoms with Crippen LogP contribution in [0.2, 0.25) is 0 Å². The second kappa shape index (κ2) is 3.59. The Morgan fingerprint density at radius 3 is 2.94 bits per heavy atom. The zero-order valence-electron chi connectivity index (χ0n) is 9.79. The molecule has 2 aromatic rings. The molecule has 3 rings (SSSR count). The third-order valence-electron chi connectivity index (χ3n) is 3.53. The van der Waals surface area contributed by atoms with Crippen molar-refractivity contribution in [3.8, 4) is 0 Å². The zero-order chi connectivity index (χ0) is 11.1. The van der Waals surface area contributed by atoms with Crippen LogP contribution in [0.4, 0.5) is 0 Å². The highest BCUT2D eigenvalue weighted by atomic mass is 16.5. The average Bonchev–Trinajstić information content (AvgIpc) is 2.55. The predicted molar refractivity (Wildman–Crippen MR) is 63.7 cm³/mol. The van der Waals surface area contributed by atoms with Crippen molar-refractivity contribution in [3.63, 3.8) is 0 Å². The van der Waals surface area contributed by atoms with E-state index in [0.717, 1.165) is 37.2 Å². The fourth-order valence-corrected chi connectivity index (χ4v) is 2.46. The van der Waals surface area contributed by atoms with Crippen molar-refractivity contribution in [1.29, 1.82) is 0 Å². The van der Waals surface area contributed by atoms with E-state index >= 15 is 0 Å². The third-order valence-corrected chi connectivity index (χ3v) is 3.53. The molecule has 0 N–H and O–H groups in total. The maximum Gasteiger partial charge on any atom is 0.170 e. The van der Waals surface area contributed by atoms with E-state index in [1.807, 2.05) is 6.92 Å². The van der Waals surface area contributed by atoms with Crippen molar-refractivity contribution >= 4 is 11.0 Å². The lowest BCUT2D eigenvalue weighted by molar-refractivity contribution is 0.352. The summed E-state index contributed by atoms with van der Waals surface area (Å²) in [7, 11) is 2.18. The molecule has 1 aliphatic heterocycles. The van der Waals surface area contributed by atoms with Gasteiger partial charge in [0, 0.05) is 24.0 Å². The van der Waals surface area contributed by atoms with Crippen molar-refractivity contribution in [3.05, 3.63) is 29.0 Å². The molecule has 1 aliphatic rings. The van der Waals surface area contributed by atoms with Crippen LogP contribution in [-0.4, -0.2) is 30.2 Å². The number of hydrogen-bond acceptors (Lipinski definition) is 3. The topological polar surface area (TPSA) is 29.3 Å². The minimum absolute atomic E-state index is 0.996. The number of aryl methyl sites for hydroxylation is 1. The van der Waals surface area contributed by atoms with Crippen molar-refractivity contribution in [2.45, 2.75) is 19.8 Å². The first-order valence-electron chi connectivity index (χ1n) is 5.81. The minimum Gasteiger partial charge on any atom is -0.356 e. The summed E-state index contributed by atoms with van der Waals surface area (Å²) in [4.78, 5) is 2.37. The molecule has 0 radical (unpaired) electrons. The van der Waals surface area contributed by atoms with Gasteiger partial charge in [0.2, 0.25) is 0 Å². The van der Waals surface area contributed by atoms with Gasteiger partial charge in [-0.25, -0.2) is 0 Å². The summed E-state index contributed by atoms with van der Waals surface area (Å²) in [5.41, 5.74) is 4.79. The molecule has 0 saturated carbocycles. The van der Waals surface area contributed by atoms with Crippen molar-refractivity contribution in [2.24, 2.45) is 0 Å².